The minimum Gasteiger partial charge on any atom is -0.393 e. The van der Waals surface area contributed by atoms with Crippen LogP contribution in [0.5, 0.6) is 0 Å². The minimum atomic E-state index is -0.0927. The Morgan fingerprint density at radius 3 is 1.50 bits per heavy atom. The van der Waals surface area contributed by atoms with Crippen LogP contribution in [0, 0.1) is 11.8 Å². The Labute approximate surface area is 77.2 Å². The highest BCUT2D eigenvalue weighted by Gasteiger charge is 2.19. The Morgan fingerprint density at radius 1 is 0.917 bits per heavy atom. The summed E-state index contributed by atoms with van der Waals surface area (Å²) in [6.07, 6.45) is 4.56. The molecule has 12 heavy (non-hydrogen) atoms. The smallest absolute Gasteiger partial charge is 0.0591 e. The Bertz CT molecular complexity index is 89.2. The van der Waals surface area contributed by atoms with Crippen LogP contribution in [0.2, 0.25) is 0 Å². The fourth-order valence-corrected chi connectivity index (χ4v) is 1.81. The van der Waals surface area contributed by atoms with Gasteiger partial charge < -0.3 is 5.11 Å². The molecule has 1 N–H and O–H groups in total. The SMILES string of the molecule is CCC[C@@H](C)C(O)[C@H](C)CCC. The van der Waals surface area contributed by atoms with Crippen molar-refractivity contribution in [3.05, 3.63) is 0 Å². The quantitative estimate of drug-likeness (QED) is 0.652. The topological polar surface area (TPSA) is 20.2 Å². The molecule has 0 aliphatic rings. The molecular weight excluding hydrogens is 148 g/mol. The van der Waals surface area contributed by atoms with Gasteiger partial charge in [-0.2, -0.15) is 0 Å². The Hall–Kier alpha value is -0.0400. The van der Waals surface area contributed by atoms with Crippen LogP contribution in [0.1, 0.15) is 53.4 Å². The molecule has 0 spiro atoms. The summed E-state index contributed by atoms with van der Waals surface area (Å²) in [5.74, 6) is 0.938. The van der Waals surface area contributed by atoms with Gasteiger partial charge in [0.2, 0.25) is 0 Å². The van der Waals surface area contributed by atoms with E-state index in [0.717, 1.165) is 12.8 Å². The van der Waals surface area contributed by atoms with Gasteiger partial charge in [-0.25, -0.2) is 0 Å². The van der Waals surface area contributed by atoms with Crippen LogP contribution in [-0.4, -0.2) is 11.2 Å². The van der Waals surface area contributed by atoms with Gasteiger partial charge in [0.05, 0.1) is 6.10 Å². The number of aliphatic hydroxyl groups is 1. The molecule has 0 saturated heterocycles. The normalized spacial score (nSPS) is 16.5. The molecule has 0 unspecified atom stereocenters. The molecule has 2 atom stereocenters. The second-order valence-electron chi connectivity index (χ2n) is 4.02. The molecule has 0 aliphatic carbocycles. The summed E-state index contributed by atoms with van der Waals surface area (Å²) < 4.78 is 0. The summed E-state index contributed by atoms with van der Waals surface area (Å²) in [7, 11) is 0. The molecule has 0 aliphatic heterocycles. The van der Waals surface area contributed by atoms with E-state index in [2.05, 4.69) is 27.7 Å². The molecule has 74 valence electrons. The molecule has 1 nitrogen and oxygen atoms in total. The highest BCUT2D eigenvalue weighted by molar-refractivity contribution is 4.70. The van der Waals surface area contributed by atoms with Crippen LogP contribution in [-0.2, 0) is 0 Å². The summed E-state index contributed by atoms with van der Waals surface area (Å²) in [6, 6.07) is 0. The standard InChI is InChI=1S/C11H24O/c1-5-7-9(3)11(12)10(4)8-6-2/h9-12H,5-8H2,1-4H3/t9-,10-/m1/s1. The average Bonchev–Trinajstić information content (AvgIpc) is 2.04. The van der Waals surface area contributed by atoms with Crippen molar-refractivity contribution in [3.8, 4) is 0 Å². The van der Waals surface area contributed by atoms with Crippen molar-refractivity contribution in [2.75, 3.05) is 0 Å². The van der Waals surface area contributed by atoms with Crippen molar-refractivity contribution in [3.63, 3.8) is 0 Å². The first-order chi connectivity index (χ1) is 5.63. The van der Waals surface area contributed by atoms with E-state index in [4.69, 9.17) is 0 Å². The van der Waals surface area contributed by atoms with Gasteiger partial charge in [-0.3, -0.25) is 0 Å². The molecule has 0 aromatic heterocycles. The third-order valence-corrected chi connectivity index (χ3v) is 2.65. The van der Waals surface area contributed by atoms with Crippen molar-refractivity contribution in [2.24, 2.45) is 11.8 Å². The zero-order valence-electron chi connectivity index (χ0n) is 9.01. The van der Waals surface area contributed by atoms with Crippen molar-refractivity contribution in [1.29, 1.82) is 0 Å². The van der Waals surface area contributed by atoms with Crippen LogP contribution in [0.4, 0.5) is 0 Å². The lowest BCUT2D eigenvalue weighted by Crippen LogP contribution is -2.25. The summed E-state index contributed by atoms with van der Waals surface area (Å²) in [5.41, 5.74) is 0. The average molecular weight is 172 g/mol. The Balaban J connectivity index is 3.73. The van der Waals surface area contributed by atoms with Gasteiger partial charge in [0.1, 0.15) is 0 Å². The monoisotopic (exact) mass is 172 g/mol. The second-order valence-corrected chi connectivity index (χ2v) is 4.02. The van der Waals surface area contributed by atoms with Gasteiger partial charge in [0.15, 0.2) is 0 Å². The lowest BCUT2D eigenvalue weighted by atomic mass is 9.88. The predicted molar refractivity (Wildman–Crippen MR) is 54.2 cm³/mol. The van der Waals surface area contributed by atoms with E-state index in [1.54, 1.807) is 0 Å². The van der Waals surface area contributed by atoms with Crippen LogP contribution >= 0.6 is 0 Å². The molecule has 0 aromatic rings. The van der Waals surface area contributed by atoms with Crippen LogP contribution in [0.25, 0.3) is 0 Å². The minimum absolute atomic E-state index is 0.0927. The van der Waals surface area contributed by atoms with E-state index in [0.29, 0.717) is 11.8 Å². The third kappa shape index (κ3) is 4.10. The maximum Gasteiger partial charge on any atom is 0.0591 e. The number of aliphatic hydroxyl groups excluding tert-OH is 1. The molecule has 0 bridgehead atoms. The molecule has 0 fully saturated rings. The van der Waals surface area contributed by atoms with Gasteiger partial charge in [-0.05, 0) is 24.7 Å². The Kier molecular flexibility index (Phi) is 6.45. The third-order valence-electron chi connectivity index (χ3n) is 2.65. The van der Waals surface area contributed by atoms with Crippen molar-refractivity contribution in [1.82, 2.24) is 0 Å². The molecule has 0 aromatic carbocycles. The molecule has 0 amide bonds. The summed E-state index contributed by atoms with van der Waals surface area (Å²) in [5, 5.41) is 9.85. The van der Waals surface area contributed by atoms with Crippen LogP contribution < -0.4 is 0 Å². The number of hydrogen-bond acceptors (Lipinski definition) is 1. The van der Waals surface area contributed by atoms with Crippen molar-refractivity contribution < 1.29 is 5.11 Å². The Morgan fingerprint density at radius 2 is 1.25 bits per heavy atom. The van der Waals surface area contributed by atoms with Gasteiger partial charge in [-0.1, -0.05) is 40.5 Å². The predicted octanol–water partition coefficient (Wildman–Crippen LogP) is 3.22. The maximum absolute atomic E-state index is 9.85. The molecule has 0 rings (SSSR count). The first kappa shape index (κ1) is 12.0. The summed E-state index contributed by atoms with van der Waals surface area (Å²) >= 11 is 0. The fraction of sp³-hybridized carbons (Fsp3) is 1.00. The lowest BCUT2D eigenvalue weighted by Gasteiger charge is -2.24. The lowest BCUT2D eigenvalue weighted by molar-refractivity contribution is 0.0569. The van der Waals surface area contributed by atoms with E-state index >= 15 is 0 Å². The van der Waals surface area contributed by atoms with E-state index in [1.165, 1.54) is 12.8 Å². The van der Waals surface area contributed by atoms with Gasteiger partial charge in [0, 0.05) is 0 Å². The van der Waals surface area contributed by atoms with Gasteiger partial charge in [0.25, 0.3) is 0 Å². The highest BCUT2D eigenvalue weighted by Crippen LogP contribution is 2.20. The summed E-state index contributed by atoms with van der Waals surface area (Å²) in [6.45, 7) is 8.65. The molecule has 1 heteroatoms. The van der Waals surface area contributed by atoms with E-state index in [-0.39, 0.29) is 6.10 Å². The van der Waals surface area contributed by atoms with E-state index in [1.807, 2.05) is 0 Å². The molecule has 0 radical (unpaired) electrons. The van der Waals surface area contributed by atoms with Gasteiger partial charge in [-0.15, -0.1) is 0 Å². The number of hydrogen-bond donors (Lipinski definition) is 1. The van der Waals surface area contributed by atoms with Crippen molar-refractivity contribution >= 4 is 0 Å². The second kappa shape index (κ2) is 6.47. The van der Waals surface area contributed by atoms with Crippen LogP contribution in [0.3, 0.4) is 0 Å². The fourth-order valence-electron chi connectivity index (χ4n) is 1.81. The first-order valence-electron chi connectivity index (χ1n) is 5.31. The maximum atomic E-state index is 9.85. The van der Waals surface area contributed by atoms with E-state index < -0.39 is 0 Å². The van der Waals surface area contributed by atoms with E-state index in [9.17, 15) is 5.11 Å². The number of rotatable bonds is 6. The molecular formula is C11H24O. The van der Waals surface area contributed by atoms with Crippen molar-refractivity contribution in [2.45, 2.75) is 59.5 Å². The first-order valence-corrected chi connectivity index (χ1v) is 5.31. The highest BCUT2D eigenvalue weighted by atomic mass is 16.3. The summed E-state index contributed by atoms with van der Waals surface area (Å²) in [4.78, 5) is 0. The molecule has 0 saturated carbocycles. The zero-order chi connectivity index (χ0) is 9.56. The van der Waals surface area contributed by atoms with Crippen LogP contribution in [0.15, 0.2) is 0 Å². The van der Waals surface area contributed by atoms with Gasteiger partial charge >= 0.3 is 0 Å². The molecule has 0 heterocycles. The zero-order valence-corrected chi connectivity index (χ0v) is 9.01. The largest absolute Gasteiger partial charge is 0.393 e.